The first-order valence-electron chi connectivity index (χ1n) is 5.44. The number of anilines is 1. The largest absolute Gasteiger partial charge is 0.394 e. The van der Waals surface area contributed by atoms with E-state index in [2.05, 4.69) is 15.6 Å². The van der Waals surface area contributed by atoms with E-state index in [1.165, 1.54) is 10.9 Å². The number of carbonyl (C=O) groups excluding carboxylic acids is 1. The zero-order valence-corrected chi connectivity index (χ0v) is 9.81. The standard InChI is InChI=1S/C11H11F2N5O/c12-8-5-7(6-9(13)10(8)14)11(19)15-1-3-18-4-2-16-17-18/h2,4-6H,1,3,14H2,(H,15,19). The molecule has 0 saturated carbocycles. The molecule has 0 aliphatic heterocycles. The summed E-state index contributed by atoms with van der Waals surface area (Å²) in [5.74, 6) is -2.50. The molecule has 2 rings (SSSR count). The van der Waals surface area contributed by atoms with Crippen molar-refractivity contribution in [1.82, 2.24) is 20.3 Å². The molecule has 0 saturated heterocycles. The summed E-state index contributed by atoms with van der Waals surface area (Å²) in [7, 11) is 0. The second-order valence-corrected chi connectivity index (χ2v) is 3.78. The second-order valence-electron chi connectivity index (χ2n) is 3.78. The Bertz CT molecular complexity index is 562. The summed E-state index contributed by atoms with van der Waals surface area (Å²) in [6, 6.07) is 1.78. The number of nitrogens with one attached hydrogen (secondary N) is 1. The highest BCUT2D eigenvalue weighted by Crippen LogP contribution is 2.16. The van der Waals surface area contributed by atoms with E-state index < -0.39 is 23.2 Å². The van der Waals surface area contributed by atoms with Crippen molar-refractivity contribution in [3.05, 3.63) is 41.7 Å². The third-order valence-corrected chi connectivity index (χ3v) is 2.44. The molecule has 0 unspecified atom stereocenters. The maximum absolute atomic E-state index is 13.2. The fourth-order valence-electron chi connectivity index (χ4n) is 1.45. The number of nitrogens with two attached hydrogens (primary N) is 1. The summed E-state index contributed by atoms with van der Waals surface area (Å²) in [5, 5.41) is 9.81. The Morgan fingerprint density at radius 3 is 2.63 bits per heavy atom. The Balaban J connectivity index is 1.96. The predicted molar refractivity (Wildman–Crippen MR) is 63.1 cm³/mol. The maximum Gasteiger partial charge on any atom is 0.251 e. The first kappa shape index (κ1) is 12.9. The van der Waals surface area contributed by atoms with Crippen LogP contribution in [0.5, 0.6) is 0 Å². The monoisotopic (exact) mass is 267 g/mol. The zero-order valence-electron chi connectivity index (χ0n) is 9.81. The number of nitrogen functional groups attached to an aromatic ring is 1. The van der Waals surface area contributed by atoms with Crippen molar-refractivity contribution < 1.29 is 13.6 Å². The average Bonchev–Trinajstić information content (AvgIpc) is 2.88. The van der Waals surface area contributed by atoms with Crippen LogP contribution in [0.1, 0.15) is 10.4 Å². The predicted octanol–water partition coefficient (Wildman–Crippen LogP) is 0.568. The van der Waals surface area contributed by atoms with E-state index in [-0.39, 0.29) is 12.1 Å². The van der Waals surface area contributed by atoms with Crippen LogP contribution in [0.25, 0.3) is 0 Å². The molecule has 1 heterocycles. The van der Waals surface area contributed by atoms with E-state index in [9.17, 15) is 13.6 Å². The molecular formula is C11H11F2N5O. The first-order chi connectivity index (χ1) is 9.08. The molecule has 0 aliphatic rings. The molecule has 0 atom stereocenters. The van der Waals surface area contributed by atoms with Gasteiger partial charge in [-0.1, -0.05) is 5.21 Å². The number of halogens is 2. The lowest BCUT2D eigenvalue weighted by Gasteiger charge is -2.06. The van der Waals surface area contributed by atoms with Gasteiger partial charge in [-0.2, -0.15) is 0 Å². The highest BCUT2D eigenvalue weighted by atomic mass is 19.1. The highest BCUT2D eigenvalue weighted by Gasteiger charge is 2.12. The molecule has 1 aromatic carbocycles. The van der Waals surface area contributed by atoms with E-state index in [1.807, 2.05) is 0 Å². The van der Waals surface area contributed by atoms with Gasteiger partial charge in [0.15, 0.2) is 0 Å². The molecule has 0 aliphatic carbocycles. The van der Waals surface area contributed by atoms with Crippen molar-refractivity contribution in [2.24, 2.45) is 0 Å². The molecular weight excluding hydrogens is 256 g/mol. The zero-order chi connectivity index (χ0) is 13.8. The molecule has 1 amide bonds. The molecule has 19 heavy (non-hydrogen) atoms. The number of hydrogen-bond donors (Lipinski definition) is 2. The van der Waals surface area contributed by atoms with Crippen molar-refractivity contribution in [3.8, 4) is 0 Å². The summed E-state index contributed by atoms with van der Waals surface area (Å²) >= 11 is 0. The van der Waals surface area contributed by atoms with E-state index in [0.29, 0.717) is 6.54 Å². The van der Waals surface area contributed by atoms with Crippen LogP contribution < -0.4 is 11.1 Å². The first-order valence-corrected chi connectivity index (χ1v) is 5.44. The lowest BCUT2D eigenvalue weighted by atomic mass is 10.1. The molecule has 100 valence electrons. The summed E-state index contributed by atoms with van der Waals surface area (Å²) in [5.41, 5.74) is 4.39. The van der Waals surface area contributed by atoms with Gasteiger partial charge in [-0.05, 0) is 12.1 Å². The normalized spacial score (nSPS) is 10.4. The van der Waals surface area contributed by atoms with Gasteiger partial charge in [0.05, 0.1) is 12.7 Å². The molecule has 0 radical (unpaired) electrons. The minimum atomic E-state index is -0.957. The topological polar surface area (TPSA) is 85.8 Å². The lowest BCUT2D eigenvalue weighted by Crippen LogP contribution is -2.27. The van der Waals surface area contributed by atoms with Gasteiger partial charge in [0.2, 0.25) is 0 Å². The summed E-state index contributed by atoms with van der Waals surface area (Å²) in [4.78, 5) is 11.7. The van der Waals surface area contributed by atoms with Crippen LogP contribution in [-0.2, 0) is 6.54 Å². The quantitative estimate of drug-likeness (QED) is 0.793. The smallest absolute Gasteiger partial charge is 0.251 e. The summed E-state index contributed by atoms with van der Waals surface area (Å²) < 4.78 is 27.9. The molecule has 0 bridgehead atoms. The Hall–Kier alpha value is -2.51. The van der Waals surface area contributed by atoms with Gasteiger partial charge in [0, 0.05) is 18.3 Å². The van der Waals surface area contributed by atoms with Gasteiger partial charge in [-0.25, -0.2) is 8.78 Å². The van der Waals surface area contributed by atoms with Crippen LogP contribution in [0.2, 0.25) is 0 Å². The number of benzene rings is 1. The third kappa shape index (κ3) is 3.03. The van der Waals surface area contributed by atoms with Crippen LogP contribution in [0.4, 0.5) is 14.5 Å². The molecule has 6 nitrogen and oxygen atoms in total. The average molecular weight is 267 g/mol. The number of rotatable bonds is 4. The fraction of sp³-hybridized carbons (Fsp3) is 0.182. The molecule has 1 aromatic heterocycles. The van der Waals surface area contributed by atoms with Gasteiger partial charge >= 0.3 is 0 Å². The van der Waals surface area contributed by atoms with E-state index in [4.69, 9.17) is 5.73 Å². The summed E-state index contributed by atoms with van der Waals surface area (Å²) in [6.07, 6.45) is 3.14. The number of hydrogen-bond acceptors (Lipinski definition) is 4. The van der Waals surface area contributed by atoms with Crippen LogP contribution >= 0.6 is 0 Å². The van der Waals surface area contributed by atoms with E-state index >= 15 is 0 Å². The molecule has 3 N–H and O–H groups in total. The van der Waals surface area contributed by atoms with Crippen LogP contribution in [0, 0.1) is 11.6 Å². The SMILES string of the molecule is Nc1c(F)cc(C(=O)NCCn2ccnn2)cc1F. The molecule has 2 aromatic rings. The molecule has 0 fully saturated rings. The van der Waals surface area contributed by atoms with E-state index in [1.54, 1.807) is 6.20 Å². The van der Waals surface area contributed by atoms with Crippen molar-refractivity contribution in [3.63, 3.8) is 0 Å². The van der Waals surface area contributed by atoms with Crippen LogP contribution in [0.3, 0.4) is 0 Å². The third-order valence-electron chi connectivity index (χ3n) is 2.44. The van der Waals surface area contributed by atoms with Gasteiger partial charge in [0.1, 0.15) is 17.3 Å². The van der Waals surface area contributed by atoms with Crippen LogP contribution in [-0.4, -0.2) is 27.4 Å². The van der Waals surface area contributed by atoms with Crippen molar-refractivity contribution >= 4 is 11.6 Å². The number of amides is 1. The lowest BCUT2D eigenvalue weighted by molar-refractivity contribution is 0.0951. The minimum Gasteiger partial charge on any atom is -0.394 e. The van der Waals surface area contributed by atoms with Crippen molar-refractivity contribution in [2.75, 3.05) is 12.3 Å². The van der Waals surface area contributed by atoms with Crippen molar-refractivity contribution in [2.45, 2.75) is 6.54 Å². The number of aromatic nitrogens is 3. The highest BCUT2D eigenvalue weighted by molar-refractivity contribution is 5.94. The number of carbonyl (C=O) groups is 1. The van der Waals surface area contributed by atoms with Gasteiger partial charge in [0.25, 0.3) is 5.91 Å². The Kier molecular flexibility index (Phi) is 3.69. The van der Waals surface area contributed by atoms with Gasteiger partial charge < -0.3 is 11.1 Å². The van der Waals surface area contributed by atoms with Gasteiger partial charge in [-0.3, -0.25) is 9.48 Å². The van der Waals surface area contributed by atoms with E-state index in [0.717, 1.165) is 12.1 Å². The van der Waals surface area contributed by atoms with Crippen molar-refractivity contribution in [1.29, 1.82) is 0 Å². The Labute approximate surface area is 107 Å². The fourth-order valence-corrected chi connectivity index (χ4v) is 1.45. The second kappa shape index (κ2) is 5.42. The maximum atomic E-state index is 13.2. The number of nitrogens with zero attached hydrogens (tertiary/aromatic N) is 3. The summed E-state index contributed by atoms with van der Waals surface area (Å²) in [6.45, 7) is 0.668. The van der Waals surface area contributed by atoms with Crippen LogP contribution in [0.15, 0.2) is 24.5 Å². The molecule has 8 heteroatoms. The van der Waals surface area contributed by atoms with Gasteiger partial charge in [-0.15, -0.1) is 5.10 Å². The minimum absolute atomic E-state index is 0.122. The Morgan fingerprint density at radius 1 is 1.37 bits per heavy atom. The molecule has 0 spiro atoms. The Morgan fingerprint density at radius 2 is 2.05 bits per heavy atom.